The molecule has 0 amide bonds. The predicted octanol–water partition coefficient (Wildman–Crippen LogP) is 2.29. The van der Waals surface area contributed by atoms with Crippen molar-refractivity contribution in [2.24, 2.45) is 0 Å². The van der Waals surface area contributed by atoms with Gasteiger partial charge in [0.15, 0.2) is 0 Å². The number of rotatable bonds is 3. The van der Waals surface area contributed by atoms with Gasteiger partial charge in [-0.2, -0.15) is 0 Å². The molecule has 1 unspecified atom stereocenters. The van der Waals surface area contributed by atoms with Gasteiger partial charge in [0.2, 0.25) is 0 Å². The number of nitrogens with zero attached hydrogens (tertiary/aromatic N) is 2. The van der Waals surface area contributed by atoms with Crippen LogP contribution in [-0.2, 0) is 6.54 Å². The maximum atomic E-state index is 9.58. The molecule has 0 aromatic carbocycles. The van der Waals surface area contributed by atoms with Crippen molar-refractivity contribution in [2.75, 3.05) is 0 Å². The lowest BCUT2D eigenvalue weighted by Gasteiger charge is -2.11. The Hall–Kier alpha value is -1.61. The van der Waals surface area contributed by atoms with Crippen LogP contribution in [0, 0.1) is 6.92 Å². The van der Waals surface area contributed by atoms with Gasteiger partial charge in [0.1, 0.15) is 0 Å². The van der Waals surface area contributed by atoms with Crippen molar-refractivity contribution in [3.8, 4) is 0 Å². The first kappa shape index (κ1) is 10.9. The normalized spacial score (nSPS) is 12.7. The summed E-state index contributed by atoms with van der Waals surface area (Å²) in [5, 5.41) is 9.58. The molecule has 2 rings (SSSR count). The SMILES string of the molecule is Cc1cccc(Cn2cccc2C(C)O)n1. The van der Waals surface area contributed by atoms with E-state index in [2.05, 4.69) is 4.98 Å². The maximum absolute atomic E-state index is 9.58. The van der Waals surface area contributed by atoms with Crippen molar-refractivity contribution in [2.45, 2.75) is 26.5 Å². The van der Waals surface area contributed by atoms with Crippen molar-refractivity contribution in [3.05, 3.63) is 53.6 Å². The van der Waals surface area contributed by atoms with E-state index in [1.807, 2.05) is 48.0 Å². The summed E-state index contributed by atoms with van der Waals surface area (Å²) in [7, 11) is 0. The second kappa shape index (κ2) is 4.49. The average molecular weight is 216 g/mol. The zero-order chi connectivity index (χ0) is 11.5. The number of aromatic nitrogens is 2. The number of aliphatic hydroxyl groups excluding tert-OH is 1. The highest BCUT2D eigenvalue weighted by atomic mass is 16.3. The molecule has 2 aromatic heterocycles. The van der Waals surface area contributed by atoms with Crippen LogP contribution in [-0.4, -0.2) is 14.7 Å². The van der Waals surface area contributed by atoms with E-state index in [1.165, 1.54) is 0 Å². The molecule has 0 aliphatic heterocycles. The lowest BCUT2D eigenvalue weighted by Crippen LogP contribution is -2.07. The van der Waals surface area contributed by atoms with Gasteiger partial charge in [-0.3, -0.25) is 4.98 Å². The van der Waals surface area contributed by atoms with E-state index in [0.29, 0.717) is 6.54 Å². The first-order valence-electron chi connectivity index (χ1n) is 5.42. The number of aryl methyl sites for hydroxylation is 1. The van der Waals surface area contributed by atoms with E-state index in [1.54, 1.807) is 6.92 Å². The fourth-order valence-electron chi connectivity index (χ4n) is 1.81. The van der Waals surface area contributed by atoms with Crippen LogP contribution >= 0.6 is 0 Å². The van der Waals surface area contributed by atoms with Crippen LogP contribution in [0.25, 0.3) is 0 Å². The summed E-state index contributed by atoms with van der Waals surface area (Å²) in [5.74, 6) is 0. The van der Waals surface area contributed by atoms with E-state index >= 15 is 0 Å². The minimum Gasteiger partial charge on any atom is -0.387 e. The van der Waals surface area contributed by atoms with Crippen LogP contribution in [0.5, 0.6) is 0 Å². The Balaban J connectivity index is 2.24. The van der Waals surface area contributed by atoms with Gasteiger partial charge in [-0.25, -0.2) is 0 Å². The Bertz CT molecular complexity index is 474. The van der Waals surface area contributed by atoms with Crippen molar-refractivity contribution >= 4 is 0 Å². The Kier molecular flexibility index (Phi) is 3.06. The van der Waals surface area contributed by atoms with Crippen LogP contribution in [0.2, 0.25) is 0 Å². The molecule has 0 saturated heterocycles. The quantitative estimate of drug-likeness (QED) is 0.854. The second-order valence-corrected chi connectivity index (χ2v) is 4.01. The van der Waals surface area contributed by atoms with E-state index in [9.17, 15) is 5.11 Å². The van der Waals surface area contributed by atoms with Crippen LogP contribution in [0.3, 0.4) is 0 Å². The largest absolute Gasteiger partial charge is 0.387 e. The number of aliphatic hydroxyl groups is 1. The highest BCUT2D eigenvalue weighted by molar-refractivity contribution is 5.15. The smallest absolute Gasteiger partial charge is 0.0911 e. The van der Waals surface area contributed by atoms with Gasteiger partial charge in [-0.15, -0.1) is 0 Å². The highest BCUT2D eigenvalue weighted by Crippen LogP contribution is 2.14. The van der Waals surface area contributed by atoms with E-state index in [-0.39, 0.29) is 0 Å². The van der Waals surface area contributed by atoms with Crippen molar-refractivity contribution < 1.29 is 5.11 Å². The molecule has 16 heavy (non-hydrogen) atoms. The monoisotopic (exact) mass is 216 g/mol. The fourth-order valence-corrected chi connectivity index (χ4v) is 1.81. The third kappa shape index (κ3) is 2.31. The van der Waals surface area contributed by atoms with Gasteiger partial charge in [0.05, 0.1) is 18.3 Å². The van der Waals surface area contributed by atoms with E-state index in [0.717, 1.165) is 17.1 Å². The van der Waals surface area contributed by atoms with Crippen molar-refractivity contribution in [1.29, 1.82) is 0 Å². The standard InChI is InChI=1S/C13H16N2O/c1-10-5-3-6-12(14-10)9-15-8-4-7-13(15)11(2)16/h3-8,11,16H,9H2,1-2H3. The zero-order valence-corrected chi connectivity index (χ0v) is 9.59. The summed E-state index contributed by atoms with van der Waals surface area (Å²) in [5.41, 5.74) is 2.95. The Morgan fingerprint density at radius 1 is 1.31 bits per heavy atom. The minimum absolute atomic E-state index is 0.445. The Labute approximate surface area is 95.4 Å². The second-order valence-electron chi connectivity index (χ2n) is 4.01. The summed E-state index contributed by atoms with van der Waals surface area (Å²) in [4.78, 5) is 4.45. The molecule has 3 nitrogen and oxygen atoms in total. The first-order valence-corrected chi connectivity index (χ1v) is 5.42. The van der Waals surface area contributed by atoms with E-state index in [4.69, 9.17) is 0 Å². The van der Waals surface area contributed by atoms with Gasteiger partial charge < -0.3 is 9.67 Å². The van der Waals surface area contributed by atoms with Crippen LogP contribution < -0.4 is 0 Å². The topological polar surface area (TPSA) is 38.0 Å². The maximum Gasteiger partial charge on any atom is 0.0911 e. The first-order chi connectivity index (χ1) is 7.66. The molecule has 0 fully saturated rings. The van der Waals surface area contributed by atoms with Crippen LogP contribution in [0.15, 0.2) is 36.5 Å². The molecule has 1 atom stereocenters. The summed E-state index contributed by atoms with van der Waals surface area (Å²) in [6.07, 6.45) is 1.52. The molecular formula is C13H16N2O. The van der Waals surface area contributed by atoms with Gasteiger partial charge in [0.25, 0.3) is 0 Å². The molecule has 0 aliphatic carbocycles. The number of hydrogen-bond donors (Lipinski definition) is 1. The highest BCUT2D eigenvalue weighted by Gasteiger charge is 2.07. The van der Waals surface area contributed by atoms with Crippen molar-refractivity contribution in [3.63, 3.8) is 0 Å². The third-order valence-electron chi connectivity index (χ3n) is 2.57. The fraction of sp³-hybridized carbons (Fsp3) is 0.308. The number of hydrogen-bond acceptors (Lipinski definition) is 2. The summed E-state index contributed by atoms with van der Waals surface area (Å²) >= 11 is 0. The molecule has 0 spiro atoms. The van der Waals surface area contributed by atoms with Gasteiger partial charge in [0, 0.05) is 17.6 Å². The molecule has 0 bridgehead atoms. The number of pyridine rings is 1. The molecule has 2 heterocycles. The Morgan fingerprint density at radius 3 is 2.81 bits per heavy atom. The van der Waals surface area contributed by atoms with Crippen LogP contribution in [0.4, 0.5) is 0 Å². The van der Waals surface area contributed by atoms with Crippen molar-refractivity contribution in [1.82, 2.24) is 9.55 Å². The lowest BCUT2D eigenvalue weighted by atomic mass is 10.2. The molecule has 1 N–H and O–H groups in total. The molecule has 0 aliphatic rings. The molecule has 3 heteroatoms. The van der Waals surface area contributed by atoms with E-state index < -0.39 is 6.10 Å². The predicted molar refractivity (Wildman–Crippen MR) is 63.1 cm³/mol. The molecular weight excluding hydrogens is 200 g/mol. The van der Waals surface area contributed by atoms with Gasteiger partial charge in [-0.1, -0.05) is 6.07 Å². The summed E-state index contributed by atoms with van der Waals surface area (Å²) in [6, 6.07) is 9.86. The van der Waals surface area contributed by atoms with Gasteiger partial charge >= 0.3 is 0 Å². The Morgan fingerprint density at radius 2 is 2.12 bits per heavy atom. The molecule has 0 saturated carbocycles. The minimum atomic E-state index is -0.445. The zero-order valence-electron chi connectivity index (χ0n) is 9.59. The van der Waals surface area contributed by atoms with Crippen LogP contribution in [0.1, 0.15) is 30.1 Å². The lowest BCUT2D eigenvalue weighted by molar-refractivity contribution is 0.189. The molecule has 2 aromatic rings. The average Bonchev–Trinajstić information content (AvgIpc) is 2.66. The summed E-state index contributed by atoms with van der Waals surface area (Å²) < 4.78 is 2.02. The third-order valence-corrected chi connectivity index (χ3v) is 2.57. The molecule has 0 radical (unpaired) electrons. The van der Waals surface area contributed by atoms with Gasteiger partial charge in [-0.05, 0) is 38.1 Å². The molecule has 84 valence electrons. The summed E-state index contributed by atoms with van der Waals surface area (Å²) in [6.45, 7) is 4.46.